The molecule has 5 aromatic rings. The molecule has 1 heterocycles. The van der Waals surface area contributed by atoms with Gasteiger partial charge in [-0.15, -0.1) is 0 Å². The predicted molar refractivity (Wildman–Crippen MR) is 152 cm³/mol. The standard InChI is InChI=1S/C33H26F3N3O2/c1-37-33(41)28-17-23(11-12-29(28)36)27-10-5-13-38-32(27)30(16-20-14-24(34)19-25(35)15-20)39-31(40)18-22-8-4-7-21-6-2-3-9-26(21)22/h2-15,17,19,30H,16,18H2,1H3,(H,37,41)(H,39,40)/t30-/m0/s1. The molecule has 0 unspecified atom stereocenters. The summed E-state index contributed by atoms with van der Waals surface area (Å²) in [7, 11) is 1.41. The molecule has 2 amide bonds. The fourth-order valence-corrected chi connectivity index (χ4v) is 4.99. The lowest BCUT2D eigenvalue weighted by Gasteiger charge is -2.22. The van der Waals surface area contributed by atoms with Crippen molar-refractivity contribution in [3.8, 4) is 11.1 Å². The van der Waals surface area contributed by atoms with Crippen LogP contribution in [0.5, 0.6) is 0 Å². The molecule has 8 heteroatoms. The molecule has 0 aliphatic carbocycles. The number of carbonyl (C=O) groups excluding carboxylic acids is 2. The SMILES string of the molecule is CNC(=O)c1cc(-c2cccnc2[C@H](Cc2cc(F)cc(F)c2)NC(=O)Cc2cccc3ccccc23)ccc1F. The Morgan fingerprint density at radius 2 is 1.61 bits per heavy atom. The molecule has 5 rings (SSSR count). The number of nitrogens with one attached hydrogen (secondary N) is 2. The normalized spacial score (nSPS) is 11.7. The lowest BCUT2D eigenvalue weighted by Crippen LogP contribution is -2.32. The highest BCUT2D eigenvalue weighted by Gasteiger charge is 2.23. The monoisotopic (exact) mass is 553 g/mol. The Balaban J connectivity index is 1.54. The van der Waals surface area contributed by atoms with Gasteiger partial charge in [0.05, 0.1) is 23.7 Å². The van der Waals surface area contributed by atoms with Gasteiger partial charge in [-0.2, -0.15) is 0 Å². The highest BCUT2D eigenvalue weighted by atomic mass is 19.1. The number of pyridine rings is 1. The number of rotatable bonds is 8. The van der Waals surface area contributed by atoms with E-state index in [-0.39, 0.29) is 24.3 Å². The molecule has 2 N–H and O–H groups in total. The lowest BCUT2D eigenvalue weighted by molar-refractivity contribution is -0.121. The first-order valence-corrected chi connectivity index (χ1v) is 13.0. The fourth-order valence-electron chi connectivity index (χ4n) is 4.99. The van der Waals surface area contributed by atoms with Gasteiger partial charge in [0.1, 0.15) is 17.5 Å². The average Bonchev–Trinajstić information content (AvgIpc) is 2.96. The largest absolute Gasteiger partial charge is 0.355 e. The summed E-state index contributed by atoms with van der Waals surface area (Å²) in [5, 5.41) is 7.37. The van der Waals surface area contributed by atoms with Crippen LogP contribution in [0.1, 0.15) is 33.2 Å². The number of hydrogen-bond donors (Lipinski definition) is 2. The first-order valence-electron chi connectivity index (χ1n) is 13.0. The van der Waals surface area contributed by atoms with E-state index in [1.807, 2.05) is 42.5 Å². The van der Waals surface area contributed by atoms with Crippen LogP contribution in [0.4, 0.5) is 13.2 Å². The Kier molecular flexibility index (Phi) is 8.10. The minimum Gasteiger partial charge on any atom is -0.355 e. The molecule has 1 aromatic heterocycles. The Labute approximate surface area is 235 Å². The zero-order valence-electron chi connectivity index (χ0n) is 22.1. The van der Waals surface area contributed by atoms with E-state index in [0.29, 0.717) is 22.4 Å². The van der Waals surface area contributed by atoms with Crippen molar-refractivity contribution >= 4 is 22.6 Å². The zero-order valence-corrected chi connectivity index (χ0v) is 22.1. The van der Waals surface area contributed by atoms with E-state index in [1.165, 1.54) is 43.6 Å². The summed E-state index contributed by atoms with van der Waals surface area (Å²) in [4.78, 5) is 30.2. The van der Waals surface area contributed by atoms with E-state index >= 15 is 0 Å². The predicted octanol–water partition coefficient (Wildman–Crippen LogP) is 6.32. The molecule has 0 spiro atoms. The minimum absolute atomic E-state index is 0.0312. The summed E-state index contributed by atoms with van der Waals surface area (Å²) in [6.07, 6.45) is 1.64. The third kappa shape index (κ3) is 6.27. The van der Waals surface area contributed by atoms with Gasteiger partial charge in [0.15, 0.2) is 0 Å². The highest BCUT2D eigenvalue weighted by molar-refractivity contribution is 5.95. The van der Waals surface area contributed by atoms with E-state index in [0.717, 1.165) is 22.4 Å². The summed E-state index contributed by atoms with van der Waals surface area (Å²) in [5.74, 6) is -3.07. The minimum atomic E-state index is -0.802. The number of fused-ring (bicyclic) bond motifs is 1. The van der Waals surface area contributed by atoms with Crippen molar-refractivity contribution in [2.75, 3.05) is 7.05 Å². The Hall–Kier alpha value is -4.98. The van der Waals surface area contributed by atoms with E-state index in [4.69, 9.17) is 0 Å². The van der Waals surface area contributed by atoms with Gasteiger partial charge in [-0.25, -0.2) is 13.2 Å². The smallest absolute Gasteiger partial charge is 0.254 e. The second-order valence-corrected chi connectivity index (χ2v) is 9.63. The maximum Gasteiger partial charge on any atom is 0.254 e. The van der Waals surface area contributed by atoms with Crippen LogP contribution in [-0.4, -0.2) is 23.8 Å². The van der Waals surface area contributed by atoms with Crippen molar-refractivity contribution in [1.82, 2.24) is 15.6 Å². The van der Waals surface area contributed by atoms with Crippen molar-refractivity contribution in [3.05, 3.63) is 137 Å². The van der Waals surface area contributed by atoms with Crippen LogP contribution < -0.4 is 10.6 Å². The number of carbonyl (C=O) groups is 2. The van der Waals surface area contributed by atoms with E-state index in [1.54, 1.807) is 12.1 Å². The van der Waals surface area contributed by atoms with Crippen molar-refractivity contribution in [2.24, 2.45) is 0 Å². The molecule has 0 radical (unpaired) electrons. The van der Waals surface area contributed by atoms with Gasteiger partial charge < -0.3 is 10.6 Å². The lowest BCUT2D eigenvalue weighted by atomic mass is 9.94. The topological polar surface area (TPSA) is 71.1 Å². The van der Waals surface area contributed by atoms with Crippen LogP contribution in [0, 0.1) is 17.5 Å². The number of benzene rings is 4. The van der Waals surface area contributed by atoms with Crippen LogP contribution in [-0.2, 0) is 17.6 Å². The number of nitrogens with zero attached hydrogens (tertiary/aromatic N) is 1. The highest BCUT2D eigenvalue weighted by Crippen LogP contribution is 2.31. The summed E-state index contributed by atoms with van der Waals surface area (Å²) in [6, 6.07) is 23.4. The number of hydrogen-bond acceptors (Lipinski definition) is 3. The Morgan fingerprint density at radius 1 is 0.854 bits per heavy atom. The van der Waals surface area contributed by atoms with E-state index < -0.39 is 29.4 Å². The van der Waals surface area contributed by atoms with Crippen molar-refractivity contribution in [1.29, 1.82) is 0 Å². The third-order valence-electron chi connectivity index (χ3n) is 6.85. The van der Waals surface area contributed by atoms with Crippen LogP contribution in [0.3, 0.4) is 0 Å². The molecule has 0 aliphatic rings. The van der Waals surface area contributed by atoms with Crippen LogP contribution in [0.15, 0.2) is 97.2 Å². The van der Waals surface area contributed by atoms with Crippen molar-refractivity contribution in [3.63, 3.8) is 0 Å². The molecule has 0 aliphatic heterocycles. The molecule has 0 fully saturated rings. The maximum absolute atomic E-state index is 14.4. The molecule has 5 nitrogen and oxygen atoms in total. The molecule has 1 atom stereocenters. The number of halogens is 3. The van der Waals surface area contributed by atoms with E-state index in [2.05, 4.69) is 15.6 Å². The molecule has 41 heavy (non-hydrogen) atoms. The molecule has 0 bridgehead atoms. The first kappa shape index (κ1) is 27.6. The van der Waals surface area contributed by atoms with Crippen molar-refractivity contribution in [2.45, 2.75) is 18.9 Å². The van der Waals surface area contributed by atoms with Gasteiger partial charge in [-0.3, -0.25) is 14.6 Å². The third-order valence-corrected chi connectivity index (χ3v) is 6.85. The Bertz CT molecular complexity index is 1730. The maximum atomic E-state index is 14.4. The average molecular weight is 554 g/mol. The van der Waals surface area contributed by atoms with E-state index in [9.17, 15) is 22.8 Å². The van der Waals surface area contributed by atoms with Gasteiger partial charge >= 0.3 is 0 Å². The summed E-state index contributed by atoms with van der Waals surface area (Å²) in [5.41, 5.74) is 2.42. The van der Waals surface area contributed by atoms with Crippen LogP contribution in [0.25, 0.3) is 21.9 Å². The molecule has 4 aromatic carbocycles. The van der Waals surface area contributed by atoms with Gasteiger partial charge in [-0.05, 0) is 64.2 Å². The molecule has 0 saturated carbocycles. The van der Waals surface area contributed by atoms with Gasteiger partial charge in [0.25, 0.3) is 5.91 Å². The molecule has 206 valence electrons. The van der Waals surface area contributed by atoms with Gasteiger partial charge in [0.2, 0.25) is 5.91 Å². The first-order chi connectivity index (χ1) is 19.8. The summed E-state index contributed by atoms with van der Waals surface area (Å²) < 4.78 is 42.6. The molecule has 0 saturated heterocycles. The van der Waals surface area contributed by atoms with Gasteiger partial charge in [0, 0.05) is 24.9 Å². The molecular weight excluding hydrogens is 527 g/mol. The zero-order chi connectivity index (χ0) is 28.9. The van der Waals surface area contributed by atoms with Crippen LogP contribution >= 0.6 is 0 Å². The number of aromatic nitrogens is 1. The second kappa shape index (κ2) is 12.0. The summed E-state index contributed by atoms with van der Waals surface area (Å²) >= 11 is 0. The quantitative estimate of drug-likeness (QED) is 0.236. The number of amides is 2. The van der Waals surface area contributed by atoms with Crippen molar-refractivity contribution < 1.29 is 22.8 Å². The summed E-state index contributed by atoms with van der Waals surface area (Å²) in [6.45, 7) is 0. The second-order valence-electron chi connectivity index (χ2n) is 9.63. The fraction of sp³-hybridized carbons (Fsp3) is 0.121. The van der Waals surface area contributed by atoms with Crippen LogP contribution in [0.2, 0.25) is 0 Å². The Morgan fingerprint density at radius 3 is 2.39 bits per heavy atom. The molecular formula is C33H26F3N3O2. The van der Waals surface area contributed by atoms with Gasteiger partial charge in [-0.1, -0.05) is 54.6 Å².